The van der Waals surface area contributed by atoms with Crippen LogP contribution in [0.3, 0.4) is 0 Å². The molecule has 0 fully saturated rings. The van der Waals surface area contributed by atoms with Crippen LogP contribution in [0.1, 0.15) is 39.7 Å². The van der Waals surface area contributed by atoms with E-state index in [4.69, 9.17) is 5.73 Å². The summed E-state index contributed by atoms with van der Waals surface area (Å²) in [6, 6.07) is 7.94. The van der Waals surface area contributed by atoms with E-state index in [9.17, 15) is 9.59 Å². The summed E-state index contributed by atoms with van der Waals surface area (Å²) in [4.78, 5) is 25.7. The summed E-state index contributed by atoms with van der Waals surface area (Å²) in [5, 5.41) is 15.7. The molecule has 0 saturated carbocycles. The summed E-state index contributed by atoms with van der Waals surface area (Å²) >= 11 is 4.18. The van der Waals surface area contributed by atoms with Gasteiger partial charge in [-0.2, -0.15) is 0 Å². The first-order valence-corrected chi connectivity index (χ1v) is 12.6. The third-order valence-electron chi connectivity index (χ3n) is 5.13. The van der Waals surface area contributed by atoms with Crippen molar-refractivity contribution in [2.75, 3.05) is 16.4 Å². The SMILES string of the molecule is Cc1ccccc1Nc1nnc(SCC(=O)Nc2sc3c(c2C(N)=O)CCC(C)C3)s1. The third-order valence-corrected chi connectivity index (χ3v) is 8.27. The molecule has 162 valence electrons. The summed E-state index contributed by atoms with van der Waals surface area (Å²) in [7, 11) is 0. The molecule has 2 amide bonds. The largest absolute Gasteiger partial charge is 0.365 e. The number of thioether (sulfide) groups is 1. The fourth-order valence-corrected chi connectivity index (χ4v) is 6.53. The summed E-state index contributed by atoms with van der Waals surface area (Å²) in [5.74, 6) is 0.0792. The van der Waals surface area contributed by atoms with E-state index in [1.807, 2.05) is 31.2 Å². The number of hydrogen-bond donors (Lipinski definition) is 3. The van der Waals surface area contributed by atoms with Crippen LogP contribution >= 0.6 is 34.4 Å². The molecule has 1 aliphatic rings. The van der Waals surface area contributed by atoms with E-state index in [-0.39, 0.29) is 11.7 Å². The molecule has 2 aromatic heterocycles. The highest BCUT2D eigenvalue weighted by Gasteiger charge is 2.27. The molecule has 1 aromatic carbocycles. The molecule has 1 unspecified atom stereocenters. The zero-order chi connectivity index (χ0) is 22.0. The van der Waals surface area contributed by atoms with Gasteiger partial charge in [-0.3, -0.25) is 9.59 Å². The number of hydrogen-bond acceptors (Lipinski definition) is 8. The van der Waals surface area contributed by atoms with E-state index >= 15 is 0 Å². The van der Waals surface area contributed by atoms with Crippen molar-refractivity contribution in [1.82, 2.24) is 10.2 Å². The molecule has 0 aliphatic heterocycles. The van der Waals surface area contributed by atoms with Crippen molar-refractivity contribution < 1.29 is 9.59 Å². The molecular weight excluding hydrogens is 450 g/mol. The number of benzene rings is 1. The number of carbonyl (C=O) groups is 2. The topological polar surface area (TPSA) is 110 Å². The van der Waals surface area contributed by atoms with Crippen molar-refractivity contribution in [1.29, 1.82) is 0 Å². The highest BCUT2D eigenvalue weighted by molar-refractivity contribution is 8.01. The lowest BCUT2D eigenvalue weighted by Crippen LogP contribution is -2.20. The first-order valence-electron chi connectivity index (χ1n) is 9.94. The van der Waals surface area contributed by atoms with Gasteiger partial charge in [-0.15, -0.1) is 21.5 Å². The van der Waals surface area contributed by atoms with Crippen molar-refractivity contribution in [3.05, 3.63) is 45.8 Å². The second-order valence-electron chi connectivity index (χ2n) is 7.57. The lowest BCUT2D eigenvalue weighted by molar-refractivity contribution is -0.113. The average molecular weight is 474 g/mol. The van der Waals surface area contributed by atoms with Crippen molar-refractivity contribution in [3.63, 3.8) is 0 Å². The monoisotopic (exact) mass is 473 g/mol. The van der Waals surface area contributed by atoms with Crippen LogP contribution in [0.5, 0.6) is 0 Å². The van der Waals surface area contributed by atoms with Crippen molar-refractivity contribution in [2.24, 2.45) is 11.7 Å². The lowest BCUT2D eigenvalue weighted by Gasteiger charge is -2.18. The van der Waals surface area contributed by atoms with Gasteiger partial charge < -0.3 is 16.4 Å². The van der Waals surface area contributed by atoms with Crippen LogP contribution in [-0.4, -0.2) is 27.8 Å². The fraction of sp³-hybridized carbons (Fsp3) is 0.333. The molecule has 0 saturated heterocycles. The third kappa shape index (κ3) is 5.08. The van der Waals surface area contributed by atoms with Gasteiger partial charge in [-0.25, -0.2) is 0 Å². The second kappa shape index (κ2) is 9.37. The molecule has 1 aliphatic carbocycles. The molecule has 0 radical (unpaired) electrons. The van der Waals surface area contributed by atoms with Gasteiger partial charge in [0.25, 0.3) is 5.91 Å². The number of nitrogens with two attached hydrogens (primary N) is 1. The Morgan fingerprint density at radius 1 is 1.26 bits per heavy atom. The quantitative estimate of drug-likeness (QED) is 0.432. The van der Waals surface area contributed by atoms with E-state index in [0.29, 0.717) is 26.0 Å². The van der Waals surface area contributed by atoms with Crippen LogP contribution in [-0.2, 0) is 17.6 Å². The van der Waals surface area contributed by atoms with Gasteiger partial charge in [0.1, 0.15) is 5.00 Å². The van der Waals surface area contributed by atoms with E-state index in [1.165, 1.54) is 34.4 Å². The van der Waals surface area contributed by atoms with Crippen molar-refractivity contribution >= 4 is 62.1 Å². The highest BCUT2D eigenvalue weighted by atomic mass is 32.2. The van der Waals surface area contributed by atoms with Crippen molar-refractivity contribution in [2.45, 2.75) is 37.4 Å². The summed E-state index contributed by atoms with van der Waals surface area (Å²) in [5.41, 5.74) is 9.20. The Morgan fingerprint density at radius 2 is 2.06 bits per heavy atom. The van der Waals surface area contributed by atoms with Crippen LogP contribution in [0.25, 0.3) is 0 Å². The Bertz CT molecular complexity index is 1120. The number of rotatable bonds is 7. The molecule has 0 spiro atoms. The first-order chi connectivity index (χ1) is 14.9. The van der Waals surface area contributed by atoms with Gasteiger partial charge in [-0.05, 0) is 49.3 Å². The molecule has 2 heterocycles. The Balaban J connectivity index is 1.38. The zero-order valence-electron chi connectivity index (χ0n) is 17.2. The second-order valence-corrected chi connectivity index (χ2v) is 10.9. The number of primary amides is 1. The lowest BCUT2D eigenvalue weighted by atomic mass is 9.88. The normalized spacial score (nSPS) is 15.4. The summed E-state index contributed by atoms with van der Waals surface area (Å²) in [6.45, 7) is 4.22. The van der Waals surface area contributed by atoms with Gasteiger partial charge in [0.2, 0.25) is 11.0 Å². The maximum absolute atomic E-state index is 12.5. The predicted molar refractivity (Wildman–Crippen MR) is 128 cm³/mol. The number of carbonyl (C=O) groups excluding carboxylic acids is 2. The Morgan fingerprint density at radius 3 is 2.84 bits per heavy atom. The van der Waals surface area contributed by atoms with Gasteiger partial charge in [-0.1, -0.05) is 48.2 Å². The average Bonchev–Trinajstić information content (AvgIpc) is 3.31. The molecule has 4 rings (SSSR count). The van der Waals surface area contributed by atoms with Gasteiger partial charge >= 0.3 is 0 Å². The fourth-order valence-electron chi connectivity index (χ4n) is 3.54. The molecule has 31 heavy (non-hydrogen) atoms. The van der Waals surface area contributed by atoms with E-state index < -0.39 is 5.91 Å². The minimum Gasteiger partial charge on any atom is -0.365 e. The number of thiophene rings is 1. The number of fused-ring (bicyclic) bond motifs is 1. The molecule has 10 heteroatoms. The molecule has 3 aromatic rings. The van der Waals surface area contributed by atoms with Crippen LogP contribution < -0.4 is 16.4 Å². The Hall–Kier alpha value is -2.43. The predicted octanol–water partition coefficient (Wildman–Crippen LogP) is 4.61. The van der Waals surface area contributed by atoms with Crippen molar-refractivity contribution in [3.8, 4) is 0 Å². The number of nitrogens with zero attached hydrogens (tertiary/aromatic N) is 2. The standard InChI is InChI=1S/C21H23N5O2S3/c1-11-7-8-13-15(9-11)30-19(17(13)18(22)28)24-16(27)10-29-21-26-25-20(31-21)23-14-6-4-3-5-12(14)2/h3-6,11H,7-10H2,1-2H3,(H2,22,28)(H,23,25)(H,24,27). The zero-order valence-corrected chi connectivity index (χ0v) is 19.7. The van der Waals surface area contributed by atoms with E-state index in [1.54, 1.807) is 0 Å². The smallest absolute Gasteiger partial charge is 0.251 e. The maximum atomic E-state index is 12.5. The van der Waals surface area contributed by atoms with Crippen LogP contribution in [0, 0.1) is 12.8 Å². The number of aryl methyl sites for hydroxylation is 1. The molecular formula is C21H23N5O2S3. The molecule has 7 nitrogen and oxygen atoms in total. The minimum atomic E-state index is -0.481. The number of nitrogens with one attached hydrogen (secondary N) is 2. The summed E-state index contributed by atoms with van der Waals surface area (Å²) < 4.78 is 0.695. The van der Waals surface area contributed by atoms with E-state index in [0.717, 1.165) is 41.0 Å². The highest BCUT2D eigenvalue weighted by Crippen LogP contribution is 2.39. The van der Waals surface area contributed by atoms with Gasteiger partial charge in [0, 0.05) is 10.6 Å². The number of anilines is 3. The minimum absolute atomic E-state index is 0.177. The van der Waals surface area contributed by atoms with Gasteiger partial charge in [0.05, 0.1) is 11.3 Å². The first kappa shape index (κ1) is 21.8. The Kier molecular flexibility index (Phi) is 6.59. The van der Waals surface area contributed by atoms with Gasteiger partial charge in [0.15, 0.2) is 4.34 Å². The molecule has 4 N–H and O–H groups in total. The van der Waals surface area contributed by atoms with Crippen LogP contribution in [0.15, 0.2) is 28.6 Å². The van der Waals surface area contributed by atoms with Crippen LogP contribution in [0.4, 0.5) is 15.8 Å². The maximum Gasteiger partial charge on any atom is 0.251 e. The van der Waals surface area contributed by atoms with Crippen LogP contribution in [0.2, 0.25) is 0 Å². The number of amides is 2. The number of aromatic nitrogens is 2. The summed E-state index contributed by atoms with van der Waals surface area (Å²) in [6.07, 6.45) is 2.78. The molecule has 0 bridgehead atoms. The van der Waals surface area contributed by atoms with E-state index in [2.05, 4.69) is 27.8 Å². The molecule has 1 atom stereocenters. The number of para-hydroxylation sites is 1. The Labute approximate surface area is 192 Å².